The van der Waals surface area contributed by atoms with Gasteiger partial charge >= 0.3 is 0 Å². The van der Waals surface area contributed by atoms with Gasteiger partial charge in [0.05, 0.1) is 11.5 Å². The Balaban J connectivity index is 2.23. The van der Waals surface area contributed by atoms with E-state index in [1.807, 2.05) is 39.0 Å². The standard InChI is InChI=1S/C15H17NO2S/c1-9-4-5-12(8-17)7-13(9)16-15(18)14-6-10(2)11(3)19-14/h4-7,17H,8H2,1-3H3,(H,16,18). The molecule has 19 heavy (non-hydrogen) atoms. The van der Waals surface area contributed by atoms with Crippen LogP contribution in [0.2, 0.25) is 0 Å². The van der Waals surface area contributed by atoms with E-state index < -0.39 is 0 Å². The molecular weight excluding hydrogens is 258 g/mol. The second kappa shape index (κ2) is 5.55. The van der Waals surface area contributed by atoms with Crippen molar-refractivity contribution < 1.29 is 9.90 Å². The highest BCUT2D eigenvalue weighted by atomic mass is 32.1. The molecule has 1 heterocycles. The van der Waals surface area contributed by atoms with Crippen molar-refractivity contribution in [2.75, 3.05) is 5.32 Å². The lowest BCUT2D eigenvalue weighted by molar-refractivity contribution is 0.103. The van der Waals surface area contributed by atoms with Crippen molar-refractivity contribution in [1.82, 2.24) is 0 Å². The third-order valence-electron chi connectivity index (χ3n) is 3.12. The van der Waals surface area contributed by atoms with Crippen LogP contribution in [0.4, 0.5) is 5.69 Å². The van der Waals surface area contributed by atoms with Crippen molar-refractivity contribution in [1.29, 1.82) is 0 Å². The molecule has 0 unspecified atom stereocenters. The van der Waals surface area contributed by atoms with E-state index in [1.54, 1.807) is 6.07 Å². The number of hydrogen-bond donors (Lipinski definition) is 2. The van der Waals surface area contributed by atoms with Crippen molar-refractivity contribution in [3.05, 3.63) is 50.7 Å². The summed E-state index contributed by atoms with van der Waals surface area (Å²) >= 11 is 1.50. The van der Waals surface area contributed by atoms with Gasteiger partial charge in [-0.05, 0) is 49.6 Å². The van der Waals surface area contributed by atoms with Crippen molar-refractivity contribution in [3.63, 3.8) is 0 Å². The first-order chi connectivity index (χ1) is 9.01. The van der Waals surface area contributed by atoms with Gasteiger partial charge in [-0.15, -0.1) is 11.3 Å². The summed E-state index contributed by atoms with van der Waals surface area (Å²) in [6.07, 6.45) is 0. The fraction of sp³-hybridized carbons (Fsp3) is 0.267. The molecule has 1 aromatic carbocycles. The average molecular weight is 275 g/mol. The summed E-state index contributed by atoms with van der Waals surface area (Å²) in [6.45, 7) is 5.91. The van der Waals surface area contributed by atoms with Gasteiger partial charge in [-0.1, -0.05) is 12.1 Å². The number of nitrogens with one attached hydrogen (secondary N) is 1. The Morgan fingerprint density at radius 1 is 1.21 bits per heavy atom. The number of rotatable bonds is 3. The summed E-state index contributed by atoms with van der Waals surface area (Å²) < 4.78 is 0. The lowest BCUT2D eigenvalue weighted by atomic mass is 10.1. The molecule has 4 heteroatoms. The van der Waals surface area contributed by atoms with E-state index in [0.717, 1.165) is 27.3 Å². The Hall–Kier alpha value is -1.65. The highest BCUT2D eigenvalue weighted by Gasteiger charge is 2.12. The predicted octanol–water partition coefficient (Wildman–Crippen LogP) is 3.42. The van der Waals surface area contributed by atoms with Gasteiger partial charge in [0.1, 0.15) is 0 Å². The molecule has 0 saturated carbocycles. The lowest BCUT2D eigenvalue weighted by Gasteiger charge is -2.09. The zero-order valence-corrected chi connectivity index (χ0v) is 12.1. The molecule has 0 aliphatic heterocycles. The number of carbonyl (C=O) groups is 1. The van der Waals surface area contributed by atoms with Crippen molar-refractivity contribution in [2.45, 2.75) is 27.4 Å². The number of thiophene rings is 1. The number of anilines is 1. The zero-order valence-electron chi connectivity index (χ0n) is 11.3. The van der Waals surface area contributed by atoms with E-state index in [-0.39, 0.29) is 12.5 Å². The maximum Gasteiger partial charge on any atom is 0.265 e. The normalized spacial score (nSPS) is 10.5. The molecule has 2 rings (SSSR count). The Morgan fingerprint density at radius 2 is 1.95 bits per heavy atom. The van der Waals surface area contributed by atoms with Crippen molar-refractivity contribution >= 4 is 22.9 Å². The van der Waals surface area contributed by atoms with Crippen LogP contribution in [-0.2, 0) is 6.61 Å². The van der Waals surface area contributed by atoms with E-state index in [9.17, 15) is 4.79 Å². The van der Waals surface area contributed by atoms with Gasteiger partial charge < -0.3 is 10.4 Å². The quantitative estimate of drug-likeness (QED) is 0.901. The predicted molar refractivity (Wildman–Crippen MR) is 78.8 cm³/mol. The van der Waals surface area contributed by atoms with Crippen LogP contribution in [0.5, 0.6) is 0 Å². The second-order valence-electron chi connectivity index (χ2n) is 4.61. The minimum Gasteiger partial charge on any atom is -0.392 e. The first-order valence-corrected chi connectivity index (χ1v) is 6.91. The number of aliphatic hydroxyl groups excluding tert-OH is 1. The van der Waals surface area contributed by atoms with Gasteiger partial charge in [-0.3, -0.25) is 4.79 Å². The third-order valence-corrected chi connectivity index (χ3v) is 4.27. The van der Waals surface area contributed by atoms with Crippen molar-refractivity contribution in [2.24, 2.45) is 0 Å². The topological polar surface area (TPSA) is 49.3 Å². The Bertz CT molecular complexity index is 597. The molecule has 2 aromatic rings. The van der Waals surface area contributed by atoms with E-state index in [4.69, 9.17) is 5.11 Å². The third kappa shape index (κ3) is 3.03. The highest BCUT2D eigenvalue weighted by Crippen LogP contribution is 2.23. The van der Waals surface area contributed by atoms with Crippen LogP contribution in [0.15, 0.2) is 24.3 Å². The van der Waals surface area contributed by atoms with Crippen LogP contribution in [-0.4, -0.2) is 11.0 Å². The second-order valence-corrected chi connectivity index (χ2v) is 5.87. The average Bonchev–Trinajstić information content (AvgIpc) is 2.72. The van der Waals surface area contributed by atoms with Gasteiger partial charge in [0.2, 0.25) is 0 Å². The van der Waals surface area contributed by atoms with E-state index in [2.05, 4.69) is 5.32 Å². The number of aryl methyl sites for hydroxylation is 3. The van der Waals surface area contributed by atoms with Crippen LogP contribution in [0.25, 0.3) is 0 Å². The Kier molecular flexibility index (Phi) is 4.02. The van der Waals surface area contributed by atoms with E-state index >= 15 is 0 Å². The maximum absolute atomic E-state index is 12.2. The summed E-state index contributed by atoms with van der Waals surface area (Å²) in [5, 5.41) is 12.0. The number of carbonyl (C=O) groups excluding carboxylic acids is 1. The molecule has 100 valence electrons. The lowest BCUT2D eigenvalue weighted by Crippen LogP contribution is -2.11. The molecule has 0 saturated heterocycles. The van der Waals surface area contributed by atoms with E-state index in [1.165, 1.54) is 11.3 Å². The molecular formula is C15H17NO2S. The van der Waals surface area contributed by atoms with Crippen LogP contribution in [0, 0.1) is 20.8 Å². The van der Waals surface area contributed by atoms with E-state index in [0.29, 0.717) is 4.88 Å². The van der Waals surface area contributed by atoms with Gasteiger partial charge in [0.25, 0.3) is 5.91 Å². The molecule has 2 N–H and O–H groups in total. The number of amides is 1. The SMILES string of the molecule is Cc1ccc(CO)cc1NC(=O)c1cc(C)c(C)s1. The minimum atomic E-state index is -0.0978. The fourth-order valence-corrected chi connectivity index (χ4v) is 2.70. The Morgan fingerprint density at radius 3 is 2.53 bits per heavy atom. The molecule has 0 bridgehead atoms. The van der Waals surface area contributed by atoms with Crippen LogP contribution in [0.1, 0.15) is 31.2 Å². The molecule has 1 amide bonds. The van der Waals surface area contributed by atoms with Crippen LogP contribution >= 0.6 is 11.3 Å². The summed E-state index contributed by atoms with van der Waals surface area (Å²) in [5.41, 5.74) is 3.66. The number of benzene rings is 1. The monoisotopic (exact) mass is 275 g/mol. The smallest absolute Gasteiger partial charge is 0.265 e. The first-order valence-electron chi connectivity index (χ1n) is 6.10. The molecule has 1 aromatic heterocycles. The van der Waals surface area contributed by atoms with Crippen LogP contribution in [0.3, 0.4) is 0 Å². The van der Waals surface area contributed by atoms with Gasteiger partial charge in [0.15, 0.2) is 0 Å². The molecule has 0 aliphatic carbocycles. The molecule has 3 nitrogen and oxygen atoms in total. The molecule has 0 fully saturated rings. The molecule has 0 atom stereocenters. The summed E-state index contributed by atoms with van der Waals surface area (Å²) in [4.78, 5) is 14.0. The molecule has 0 aliphatic rings. The molecule has 0 spiro atoms. The minimum absolute atomic E-state index is 0.0274. The molecule has 0 radical (unpaired) electrons. The van der Waals surface area contributed by atoms with Crippen LogP contribution < -0.4 is 5.32 Å². The highest BCUT2D eigenvalue weighted by molar-refractivity contribution is 7.14. The summed E-state index contributed by atoms with van der Waals surface area (Å²) in [7, 11) is 0. The van der Waals surface area contributed by atoms with Crippen molar-refractivity contribution in [3.8, 4) is 0 Å². The maximum atomic E-state index is 12.2. The number of hydrogen-bond acceptors (Lipinski definition) is 3. The fourth-order valence-electron chi connectivity index (χ4n) is 1.77. The van der Waals surface area contributed by atoms with Gasteiger partial charge in [-0.25, -0.2) is 0 Å². The largest absolute Gasteiger partial charge is 0.392 e. The van der Waals surface area contributed by atoms with Gasteiger partial charge in [0, 0.05) is 10.6 Å². The summed E-state index contributed by atoms with van der Waals surface area (Å²) in [5.74, 6) is -0.0978. The number of aliphatic hydroxyl groups is 1. The Labute approximate surface area is 116 Å². The zero-order chi connectivity index (χ0) is 14.0. The first kappa shape index (κ1) is 13.8. The summed E-state index contributed by atoms with van der Waals surface area (Å²) in [6, 6.07) is 7.46. The van der Waals surface area contributed by atoms with Gasteiger partial charge in [-0.2, -0.15) is 0 Å².